The highest BCUT2D eigenvalue weighted by molar-refractivity contribution is 7.98. The van der Waals surface area contributed by atoms with E-state index in [9.17, 15) is 4.79 Å². The van der Waals surface area contributed by atoms with Gasteiger partial charge in [-0.05, 0) is 13.2 Å². The van der Waals surface area contributed by atoms with Gasteiger partial charge in [-0.25, -0.2) is 14.8 Å². The van der Waals surface area contributed by atoms with E-state index in [1.807, 2.05) is 34.0 Å². The summed E-state index contributed by atoms with van der Waals surface area (Å²) in [7, 11) is 0. The first-order chi connectivity index (χ1) is 8.69. The van der Waals surface area contributed by atoms with Gasteiger partial charge < -0.3 is 10.5 Å². The van der Waals surface area contributed by atoms with Crippen molar-refractivity contribution in [2.75, 3.05) is 18.6 Å². The molecular formula is C12H23N3O2S. The minimum absolute atomic E-state index is 0.155. The number of hydrogen-bond acceptors (Lipinski definition) is 6. The maximum Gasteiger partial charge on any atom is 0.343 e. The Morgan fingerprint density at radius 1 is 1.39 bits per heavy atom. The molecule has 0 amide bonds. The number of esters is 1. The van der Waals surface area contributed by atoms with Gasteiger partial charge in [0.05, 0.1) is 6.61 Å². The second-order valence-corrected chi connectivity index (χ2v) is 3.15. The van der Waals surface area contributed by atoms with Crippen molar-refractivity contribution in [3.8, 4) is 0 Å². The third-order valence-electron chi connectivity index (χ3n) is 1.47. The monoisotopic (exact) mass is 273 g/mol. The Kier molecular flexibility index (Phi) is 12.9. The molecule has 0 spiro atoms. The standard InChI is InChI=1S/C8H11N3O2S.2C2H6/c1-3-13-7(12)5-4-10-8(14-2)11-6(5)9;2*1-2/h4H,3H2,1-2H3,(H2,9,10,11);2*1-2H3. The number of anilines is 1. The number of hydrogen-bond donors (Lipinski definition) is 1. The molecule has 0 aliphatic carbocycles. The average molecular weight is 273 g/mol. The van der Waals surface area contributed by atoms with Gasteiger partial charge in [-0.3, -0.25) is 0 Å². The Balaban J connectivity index is 0. The van der Waals surface area contributed by atoms with Crippen LogP contribution in [0, 0.1) is 0 Å². The second kappa shape index (κ2) is 12.2. The van der Waals surface area contributed by atoms with E-state index in [2.05, 4.69) is 9.97 Å². The molecule has 0 saturated heterocycles. The van der Waals surface area contributed by atoms with Crippen molar-refractivity contribution in [2.45, 2.75) is 39.8 Å². The van der Waals surface area contributed by atoms with E-state index < -0.39 is 5.97 Å². The first-order valence-electron chi connectivity index (χ1n) is 6.02. The van der Waals surface area contributed by atoms with Crippen LogP contribution in [0.5, 0.6) is 0 Å². The van der Waals surface area contributed by atoms with E-state index >= 15 is 0 Å². The molecule has 1 rings (SSSR count). The summed E-state index contributed by atoms with van der Waals surface area (Å²) in [6.45, 7) is 10.0. The first-order valence-corrected chi connectivity index (χ1v) is 7.25. The lowest BCUT2D eigenvalue weighted by atomic mass is 10.3. The van der Waals surface area contributed by atoms with E-state index in [4.69, 9.17) is 10.5 Å². The summed E-state index contributed by atoms with van der Waals surface area (Å²) in [5.41, 5.74) is 5.78. The fourth-order valence-electron chi connectivity index (χ4n) is 0.843. The predicted octanol–water partition coefficient (Wildman–Crippen LogP) is 3.01. The van der Waals surface area contributed by atoms with E-state index in [1.165, 1.54) is 18.0 Å². The molecule has 104 valence electrons. The molecule has 0 fully saturated rings. The zero-order chi connectivity index (χ0) is 14.6. The molecule has 0 atom stereocenters. The number of thioether (sulfide) groups is 1. The Morgan fingerprint density at radius 3 is 2.33 bits per heavy atom. The molecule has 1 aromatic rings. The van der Waals surface area contributed by atoms with Crippen LogP contribution in [0.3, 0.4) is 0 Å². The molecule has 1 aromatic heterocycles. The van der Waals surface area contributed by atoms with Crippen LogP contribution in [0.25, 0.3) is 0 Å². The van der Waals surface area contributed by atoms with Crippen LogP contribution in [-0.4, -0.2) is 28.8 Å². The van der Waals surface area contributed by atoms with Gasteiger partial charge in [0.2, 0.25) is 0 Å². The van der Waals surface area contributed by atoms with Crippen molar-refractivity contribution in [3.63, 3.8) is 0 Å². The van der Waals surface area contributed by atoms with Crippen molar-refractivity contribution in [1.29, 1.82) is 0 Å². The topological polar surface area (TPSA) is 78.1 Å². The summed E-state index contributed by atoms with van der Waals surface area (Å²) in [4.78, 5) is 19.1. The van der Waals surface area contributed by atoms with Crippen LogP contribution in [0.2, 0.25) is 0 Å². The predicted molar refractivity (Wildman–Crippen MR) is 76.9 cm³/mol. The molecule has 18 heavy (non-hydrogen) atoms. The lowest BCUT2D eigenvalue weighted by Gasteiger charge is -2.04. The van der Waals surface area contributed by atoms with Crippen LogP contribution >= 0.6 is 11.8 Å². The van der Waals surface area contributed by atoms with Crippen molar-refractivity contribution < 1.29 is 9.53 Å². The Morgan fingerprint density at radius 2 is 1.94 bits per heavy atom. The van der Waals surface area contributed by atoms with Crippen LogP contribution < -0.4 is 5.73 Å². The molecule has 0 aliphatic rings. The number of carbonyl (C=O) groups is 1. The smallest absolute Gasteiger partial charge is 0.343 e. The molecule has 2 N–H and O–H groups in total. The summed E-state index contributed by atoms with van der Waals surface area (Å²) >= 11 is 1.36. The highest BCUT2D eigenvalue weighted by Gasteiger charge is 2.12. The quantitative estimate of drug-likeness (QED) is 0.518. The Labute approximate surface area is 114 Å². The summed E-state index contributed by atoms with van der Waals surface area (Å²) in [6, 6.07) is 0. The largest absolute Gasteiger partial charge is 0.462 e. The van der Waals surface area contributed by atoms with Crippen molar-refractivity contribution in [2.24, 2.45) is 0 Å². The third kappa shape index (κ3) is 6.44. The highest BCUT2D eigenvalue weighted by Crippen LogP contribution is 2.14. The third-order valence-corrected chi connectivity index (χ3v) is 2.04. The second-order valence-electron chi connectivity index (χ2n) is 2.38. The van der Waals surface area contributed by atoms with Gasteiger partial charge in [0.15, 0.2) is 5.16 Å². The van der Waals surface area contributed by atoms with E-state index in [0.717, 1.165) is 0 Å². The number of nitrogens with two attached hydrogens (primary N) is 1. The summed E-state index contributed by atoms with van der Waals surface area (Å²) in [5.74, 6) is -0.333. The molecular weight excluding hydrogens is 250 g/mol. The number of ether oxygens (including phenoxy) is 1. The molecule has 0 radical (unpaired) electrons. The lowest BCUT2D eigenvalue weighted by Crippen LogP contribution is -2.10. The number of aromatic nitrogens is 2. The number of nitrogens with zero attached hydrogens (tertiary/aromatic N) is 2. The first kappa shape index (κ1) is 19.0. The Bertz CT molecular complexity index is 346. The molecule has 0 saturated carbocycles. The molecule has 0 bridgehead atoms. The molecule has 0 aromatic carbocycles. The van der Waals surface area contributed by atoms with Crippen LogP contribution in [0.1, 0.15) is 45.0 Å². The van der Waals surface area contributed by atoms with Gasteiger partial charge in [-0.2, -0.15) is 0 Å². The molecule has 6 heteroatoms. The summed E-state index contributed by atoms with van der Waals surface area (Å²) in [6.07, 6.45) is 3.21. The molecule has 1 heterocycles. The van der Waals surface area contributed by atoms with Gasteiger partial charge in [-0.1, -0.05) is 39.5 Å². The maximum absolute atomic E-state index is 11.3. The van der Waals surface area contributed by atoms with Gasteiger partial charge in [0.25, 0.3) is 0 Å². The van der Waals surface area contributed by atoms with Crippen molar-refractivity contribution in [1.82, 2.24) is 9.97 Å². The zero-order valence-corrected chi connectivity index (χ0v) is 12.8. The van der Waals surface area contributed by atoms with Crippen molar-refractivity contribution >= 4 is 23.5 Å². The van der Waals surface area contributed by atoms with Gasteiger partial charge >= 0.3 is 5.97 Å². The minimum atomic E-state index is -0.488. The summed E-state index contributed by atoms with van der Waals surface area (Å²) < 4.78 is 4.78. The van der Waals surface area contributed by atoms with Gasteiger partial charge in [0.1, 0.15) is 11.4 Å². The van der Waals surface area contributed by atoms with Crippen molar-refractivity contribution in [3.05, 3.63) is 11.8 Å². The SMILES string of the molecule is CC.CC.CCOC(=O)c1cnc(SC)nc1N. The van der Waals surface area contributed by atoms with Gasteiger partial charge in [0, 0.05) is 6.20 Å². The van der Waals surface area contributed by atoms with Gasteiger partial charge in [-0.15, -0.1) is 0 Å². The van der Waals surface area contributed by atoms with Crippen LogP contribution in [0.4, 0.5) is 5.82 Å². The summed E-state index contributed by atoms with van der Waals surface area (Å²) in [5, 5.41) is 0.538. The average Bonchev–Trinajstić information content (AvgIpc) is 2.43. The minimum Gasteiger partial charge on any atom is -0.462 e. The number of carbonyl (C=O) groups excluding carboxylic acids is 1. The maximum atomic E-state index is 11.3. The highest BCUT2D eigenvalue weighted by atomic mass is 32.2. The number of rotatable bonds is 3. The van der Waals surface area contributed by atoms with E-state index in [1.54, 1.807) is 6.92 Å². The fourth-order valence-corrected chi connectivity index (χ4v) is 1.19. The molecule has 0 aliphatic heterocycles. The van der Waals surface area contributed by atoms with Crippen LogP contribution in [-0.2, 0) is 4.74 Å². The van der Waals surface area contributed by atoms with E-state index in [-0.39, 0.29) is 11.4 Å². The Hall–Kier alpha value is -1.30. The van der Waals surface area contributed by atoms with E-state index in [0.29, 0.717) is 11.8 Å². The zero-order valence-electron chi connectivity index (χ0n) is 12.0. The number of nitrogen functional groups attached to an aromatic ring is 1. The normalized spacial score (nSPS) is 8.33. The molecule has 0 unspecified atom stereocenters. The van der Waals surface area contributed by atoms with Crippen LogP contribution in [0.15, 0.2) is 11.4 Å². The molecule has 5 nitrogen and oxygen atoms in total. The fraction of sp³-hybridized carbons (Fsp3) is 0.583. The lowest BCUT2D eigenvalue weighted by molar-refractivity contribution is 0.0526.